The number of aliphatic hydroxyl groups is 1. The second-order valence-electron chi connectivity index (χ2n) is 3.86. The number of rotatable bonds is 3. The molecular formula is C13H12Cl2O2. The monoisotopic (exact) mass is 270 g/mol. The molecule has 0 saturated carbocycles. The molecule has 0 saturated heterocycles. The van der Waals surface area contributed by atoms with Crippen LogP contribution in [-0.4, -0.2) is 5.11 Å². The molecule has 0 fully saturated rings. The molecule has 2 rings (SSSR count). The highest BCUT2D eigenvalue weighted by Gasteiger charge is 2.15. The molecule has 0 aliphatic heterocycles. The molecule has 1 aromatic carbocycles. The Hall–Kier alpha value is -0.960. The molecule has 0 bridgehead atoms. The molecule has 1 atom stereocenters. The zero-order valence-electron chi connectivity index (χ0n) is 9.28. The van der Waals surface area contributed by atoms with Crippen LogP contribution in [0.4, 0.5) is 0 Å². The van der Waals surface area contributed by atoms with E-state index >= 15 is 0 Å². The van der Waals surface area contributed by atoms with Gasteiger partial charge in [0.2, 0.25) is 0 Å². The van der Waals surface area contributed by atoms with E-state index in [1.807, 2.05) is 19.1 Å². The molecule has 17 heavy (non-hydrogen) atoms. The van der Waals surface area contributed by atoms with Gasteiger partial charge in [-0.1, -0.05) is 35.3 Å². The summed E-state index contributed by atoms with van der Waals surface area (Å²) in [6.45, 7) is 1.82. The third-order valence-electron chi connectivity index (χ3n) is 2.70. The van der Waals surface area contributed by atoms with Crippen LogP contribution in [0.2, 0.25) is 10.0 Å². The van der Waals surface area contributed by atoms with Gasteiger partial charge in [0.15, 0.2) is 0 Å². The number of hydrogen-bond acceptors (Lipinski definition) is 2. The fourth-order valence-electron chi connectivity index (χ4n) is 1.76. The van der Waals surface area contributed by atoms with Crippen LogP contribution in [0.15, 0.2) is 34.9 Å². The summed E-state index contributed by atoms with van der Waals surface area (Å²) >= 11 is 12.0. The number of furan rings is 1. The third kappa shape index (κ3) is 2.65. The molecule has 0 spiro atoms. The minimum absolute atomic E-state index is 0.416. The van der Waals surface area contributed by atoms with Crippen molar-refractivity contribution in [1.29, 1.82) is 0 Å². The lowest BCUT2D eigenvalue weighted by Gasteiger charge is -2.11. The summed E-state index contributed by atoms with van der Waals surface area (Å²) in [7, 11) is 0. The number of benzene rings is 1. The molecule has 4 heteroatoms. The van der Waals surface area contributed by atoms with Gasteiger partial charge in [-0.15, -0.1) is 0 Å². The van der Waals surface area contributed by atoms with E-state index < -0.39 is 6.10 Å². The van der Waals surface area contributed by atoms with E-state index in [4.69, 9.17) is 27.6 Å². The van der Waals surface area contributed by atoms with Gasteiger partial charge in [-0.05, 0) is 24.6 Å². The van der Waals surface area contributed by atoms with Crippen molar-refractivity contribution in [2.75, 3.05) is 0 Å². The Kier molecular flexibility index (Phi) is 3.77. The van der Waals surface area contributed by atoms with Crippen LogP contribution in [0.25, 0.3) is 0 Å². The Morgan fingerprint density at radius 2 is 2.06 bits per heavy atom. The smallest absolute Gasteiger partial charge is 0.106 e. The summed E-state index contributed by atoms with van der Waals surface area (Å²) in [6.07, 6.45) is 1.34. The highest BCUT2D eigenvalue weighted by molar-refractivity contribution is 6.42. The molecule has 90 valence electrons. The van der Waals surface area contributed by atoms with E-state index in [0.29, 0.717) is 16.5 Å². The van der Waals surface area contributed by atoms with Gasteiger partial charge in [-0.25, -0.2) is 0 Å². The first-order valence-electron chi connectivity index (χ1n) is 5.24. The van der Waals surface area contributed by atoms with Gasteiger partial charge in [0.05, 0.1) is 22.4 Å². The summed E-state index contributed by atoms with van der Waals surface area (Å²) in [4.78, 5) is 0. The minimum atomic E-state index is -0.635. The Labute approximate surface area is 110 Å². The topological polar surface area (TPSA) is 33.4 Å². The fraction of sp³-hybridized carbons (Fsp3) is 0.231. The lowest BCUT2D eigenvalue weighted by Crippen LogP contribution is -2.02. The lowest BCUT2D eigenvalue weighted by atomic mass is 10.0. The van der Waals surface area contributed by atoms with Crippen LogP contribution in [0.5, 0.6) is 0 Å². The highest BCUT2D eigenvalue weighted by Crippen LogP contribution is 2.30. The predicted molar refractivity (Wildman–Crippen MR) is 68.6 cm³/mol. The molecule has 1 unspecified atom stereocenters. The molecule has 1 heterocycles. The van der Waals surface area contributed by atoms with E-state index in [1.165, 1.54) is 0 Å². The lowest BCUT2D eigenvalue weighted by molar-refractivity contribution is 0.176. The quantitative estimate of drug-likeness (QED) is 0.908. The summed E-state index contributed by atoms with van der Waals surface area (Å²) in [5.74, 6) is 0.718. The average Bonchev–Trinajstić information content (AvgIpc) is 2.71. The number of hydrogen-bond donors (Lipinski definition) is 1. The standard InChI is InChI=1S/C13H12Cl2O2/c1-8-10(5-6-17-8)12(16)7-9-3-2-4-11(14)13(9)15/h2-6,12,16H,7H2,1H3. The predicted octanol–water partition coefficient (Wildman–Crippen LogP) is 4.17. The SMILES string of the molecule is Cc1occc1C(O)Cc1cccc(Cl)c1Cl. The van der Waals surface area contributed by atoms with Crippen LogP contribution in [-0.2, 0) is 6.42 Å². The summed E-state index contributed by atoms with van der Waals surface area (Å²) < 4.78 is 5.16. The summed E-state index contributed by atoms with van der Waals surface area (Å²) in [5, 5.41) is 11.1. The molecule has 0 aliphatic rings. The van der Waals surface area contributed by atoms with Gasteiger partial charge in [0.25, 0.3) is 0 Å². The van der Waals surface area contributed by atoms with Crippen LogP contribution < -0.4 is 0 Å². The Balaban J connectivity index is 2.22. The maximum Gasteiger partial charge on any atom is 0.106 e. The van der Waals surface area contributed by atoms with Gasteiger partial charge in [-0.2, -0.15) is 0 Å². The van der Waals surface area contributed by atoms with Crippen molar-refractivity contribution in [1.82, 2.24) is 0 Å². The zero-order valence-corrected chi connectivity index (χ0v) is 10.8. The van der Waals surface area contributed by atoms with Crippen molar-refractivity contribution >= 4 is 23.2 Å². The molecule has 0 amide bonds. The van der Waals surface area contributed by atoms with Gasteiger partial charge < -0.3 is 9.52 Å². The van der Waals surface area contributed by atoms with Crippen molar-refractivity contribution in [2.45, 2.75) is 19.4 Å². The van der Waals surface area contributed by atoms with E-state index in [-0.39, 0.29) is 0 Å². The third-order valence-corrected chi connectivity index (χ3v) is 3.56. The van der Waals surface area contributed by atoms with Crippen LogP contribution in [0, 0.1) is 6.92 Å². The zero-order chi connectivity index (χ0) is 12.4. The van der Waals surface area contributed by atoms with Crippen LogP contribution >= 0.6 is 23.2 Å². The molecule has 2 aromatic rings. The van der Waals surface area contributed by atoms with E-state index in [9.17, 15) is 5.11 Å². The van der Waals surface area contributed by atoms with Crippen molar-refractivity contribution in [3.8, 4) is 0 Å². The van der Waals surface area contributed by atoms with Crippen molar-refractivity contribution in [3.63, 3.8) is 0 Å². The molecule has 2 nitrogen and oxygen atoms in total. The normalized spacial score (nSPS) is 12.7. The van der Waals surface area contributed by atoms with E-state index in [2.05, 4.69) is 0 Å². The maximum atomic E-state index is 10.1. The first-order chi connectivity index (χ1) is 8.09. The number of aryl methyl sites for hydroxylation is 1. The van der Waals surface area contributed by atoms with Crippen molar-refractivity contribution < 1.29 is 9.52 Å². The molecule has 1 aromatic heterocycles. The Morgan fingerprint density at radius 3 is 2.71 bits per heavy atom. The Morgan fingerprint density at radius 1 is 1.29 bits per heavy atom. The molecule has 0 aliphatic carbocycles. The van der Waals surface area contributed by atoms with Crippen molar-refractivity contribution in [2.24, 2.45) is 0 Å². The Bertz CT molecular complexity index is 520. The molecule has 0 radical (unpaired) electrons. The van der Waals surface area contributed by atoms with Crippen molar-refractivity contribution in [3.05, 3.63) is 57.5 Å². The second-order valence-corrected chi connectivity index (χ2v) is 4.65. The van der Waals surface area contributed by atoms with Gasteiger partial charge in [0.1, 0.15) is 5.76 Å². The van der Waals surface area contributed by atoms with Crippen LogP contribution in [0.3, 0.4) is 0 Å². The van der Waals surface area contributed by atoms with Gasteiger partial charge in [0, 0.05) is 12.0 Å². The highest BCUT2D eigenvalue weighted by atomic mass is 35.5. The fourth-order valence-corrected chi connectivity index (χ4v) is 2.16. The number of halogens is 2. The molecular weight excluding hydrogens is 259 g/mol. The van der Waals surface area contributed by atoms with Gasteiger partial charge in [-0.3, -0.25) is 0 Å². The largest absolute Gasteiger partial charge is 0.469 e. The second kappa shape index (κ2) is 5.13. The van der Waals surface area contributed by atoms with E-state index in [1.54, 1.807) is 18.4 Å². The van der Waals surface area contributed by atoms with Crippen LogP contribution in [0.1, 0.15) is 23.0 Å². The molecule has 1 N–H and O–H groups in total. The van der Waals surface area contributed by atoms with Gasteiger partial charge >= 0.3 is 0 Å². The average molecular weight is 271 g/mol. The summed E-state index contributed by atoms with van der Waals surface area (Å²) in [5.41, 5.74) is 1.60. The number of aliphatic hydroxyl groups excluding tert-OH is 1. The first-order valence-corrected chi connectivity index (χ1v) is 6.00. The maximum absolute atomic E-state index is 10.1. The first kappa shape index (κ1) is 12.5. The summed E-state index contributed by atoms with van der Waals surface area (Å²) in [6, 6.07) is 7.16. The minimum Gasteiger partial charge on any atom is -0.469 e. The van der Waals surface area contributed by atoms with E-state index in [0.717, 1.165) is 16.9 Å².